The molecule has 1 amide bonds. The van der Waals surface area contributed by atoms with Crippen LogP contribution >= 0.6 is 11.8 Å². The number of hydrogen-bond donors (Lipinski definition) is 1. The Morgan fingerprint density at radius 2 is 1.85 bits per heavy atom. The lowest BCUT2D eigenvalue weighted by Crippen LogP contribution is -2.33. The molecular weight excluding hydrogens is 351 g/mol. The van der Waals surface area contributed by atoms with Crippen LogP contribution in [0.2, 0.25) is 0 Å². The molecule has 1 unspecified atom stereocenters. The summed E-state index contributed by atoms with van der Waals surface area (Å²) in [6, 6.07) is 6.54. The van der Waals surface area contributed by atoms with Crippen LogP contribution in [0.25, 0.3) is 11.4 Å². The van der Waals surface area contributed by atoms with Crippen LogP contribution in [-0.2, 0) is 11.3 Å². The number of hydrogen-bond acceptors (Lipinski definition) is 4. The second-order valence-electron chi connectivity index (χ2n) is 7.19. The number of benzene rings is 1. The van der Waals surface area contributed by atoms with Gasteiger partial charge in [-0.2, -0.15) is 0 Å². The van der Waals surface area contributed by atoms with Gasteiger partial charge < -0.3 is 9.88 Å². The lowest BCUT2D eigenvalue weighted by molar-refractivity contribution is -0.120. The molecule has 142 valence electrons. The van der Waals surface area contributed by atoms with E-state index < -0.39 is 0 Å². The van der Waals surface area contributed by atoms with Crippen molar-refractivity contribution in [3.8, 4) is 11.4 Å². The highest BCUT2D eigenvalue weighted by atomic mass is 32.2. The summed E-state index contributed by atoms with van der Waals surface area (Å²) in [7, 11) is 0. The van der Waals surface area contributed by atoms with Crippen molar-refractivity contribution in [3.63, 3.8) is 0 Å². The van der Waals surface area contributed by atoms with Gasteiger partial charge in [0.05, 0.1) is 10.8 Å². The molecule has 0 fully saturated rings. The molecule has 0 spiro atoms. The van der Waals surface area contributed by atoms with E-state index in [0.29, 0.717) is 41.5 Å². The van der Waals surface area contributed by atoms with Crippen LogP contribution in [0.1, 0.15) is 34.6 Å². The number of aromatic nitrogens is 3. The Morgan fingerprint density at radius 1 is 1.15 bits per heavy atom. The molecule has 1 aromatic heterocycles. The Labute approximate surface area is 158 Å². The van der Waals surface area contributed by atoms with E-state index in [9.17, 15) is 9.18 Å². The highest BCUT2D eigenvalue weighted by Gasteiger charge is 2.22. The molecule has 1 aromatic carbocycles. The molecule has 1 atom stereocenters. The molecule has 2 rings (SSSR count). The maximum Gasteiger partial charge on any atom is 0.233 e. The van der Waals surface area contributed by atoms with Crippen molar-refractivity contribution >= 4 is 17.7 Å². The van der Waals surface area contributed by atoms with E-state index in [1.165, 1.54) is 17.8 Å². The van der Waals surface area contributed by atoms with Gasteiger partial charge in [0.25, 0.3) is 0 Å². The molecule has 1 N–H and O–H groups in total. The maximum absolute atomic E-state index is 14.2. The summed E-state index contributed by atoms with van der Waals surface area (Å²) in [6.45, 7) is 11.4. The van der Waals surface area contributed by atoms with E-state index in [1.807, 2.05) is 11.5 Å². The second-order valence-corrected chi connectivity index (χ2v) is 8.50. The standard InChI is InChI=1S/C19H27FN4OS/c1-12(2)10-21-18(25)14(5)26-19-23-22-17(24(19)11-13(3)4)15-8-6-7-9-16(15)20/h6-9,12-14H,10-11H2,1-5H3,(H,21,25). The van der Waals surface area contributed by atoms with E-state index in [4.69, 9.17) is 0 Å². The first-order chi connectivity index (χ1) is 12.3. The van der Waals surface area contributed by atoms with Crippen molar-refractivity contribution in [1.82, 2.24) is 20.1 Å². The number of carbonyl (C=O) groups excluding carboxylic acids is 1. The van der Waals surface area contributed by atoms with Gasteiger partial charge in [0.1, 0.15) is 5.82 Å². The Morgan fingerprint density at radius 3 is 2.46 bits per heavy atom. The predicted octanol–water partition coefficient (Wildman–Crippen LogP) is 3.99. The molecule has 7 heteroatoms. The molecule has 0 bridgehead atoms. The molecule has 0 aliphatic carbocycles. The number of nitrogens with zero attached hydrogens (tertiary/aromatic N) is 3. The number of rotatable bonds is 8. The van der Waals surface area contributed by atoms with Crippen molar-refractivity contribution in [2.24, 2.45) is 11.8 Å². The van der Waals surface area contributed by atoms with Gasteiger partial charge >= 0.3 is 0 Å². The van der Waals surface area contributed by atoms with Gasteiger partial charge in [-0.05, 0) is 30.9 Å². The van der Waals surface area contributed by atoms with Crippen LogP contribution in [0.4, 0.5) is 4.39 Å². The Kier molecular flexibility index (Phi) is 7.20. The number of nitrogens with one attached hydrogen (secondary N) is 1. The number of thioether (sulfide) groups is 1. The van der Waals surface area contributed by atoms with Crippen LogP contribution in [-0.4, -0.2) is 32.5 Å². The third kappa shape index (κ3) is 5.30. The van der Waals surface area contributed by atoms with Gasteiger partial charge in [0.15, 0.2) is 11.0 Å². The van der Waals surface area contributed by atoms with Crippen LogP contribution in [0.5, 0.6) is 0 Å². The fraction of sp³-hybridized carbons (Fsp3) is 0.526. The average molecular weight is 379 g/mol. The summed E-state index contributed by atoms with van der Waals surface area (Å²) in [5, 5.41) is 11.7. The first kappa shape index (κ1) is 20.4. The van der Waals surface area contributed by atoms with E-state index in [0.717, 1.165) is 0 Å². The first-order valence-electron chi connectivity index (χ1n) is 8.92. The van der Waals surface area contributed by atoms with Gasteiger partial charge in [0.2, 0.25) is 5.91 Å². The van der Waals surface area contributed by atoms with Gasteiger partial charge in [-0.15, -0.1) is 10.2 Å². The summed E-state index contributed by atoms with van der Waals surface area (Å²) in [5.41, 5.74) is 0.421. The molecule has 0 radical (unpaired) electrons. The van der Waals surface area contributed by atoms with E-state index in [-0.39, 0.29) is 17.0 Å². The molecule has 1 heterocycles. The molecule has 2 aromatic rings. The van der Waals surface area contributed by atoms with Gasteiger partial charge in [-0.3, -0.25) is 4.79 Å². The normalized spacial score (nSPS) is 12.6. The molecule has 0 aliphatic rings. The molecule has 26 heavy (non-hydrogen) atoms. The minimum atomic E-state index is -0.329. The van der Waals surface area contributed by atoms with Crippen LogP contribution in [0.15, 0.2) is 29.4 Å². The SMILES string of the molecule is CC(C)CNC(=O)C(C)Sc1nnc(-c2ccccc2F)n1CC(C)C. The summed E-state index contributed by atoms with van der Waals surface area (Å²) in [4.78, 5) is 12.3. The second kappa shape index (κ2) is 9.16. The fourth-order valence-electron chi connectivity index (χ4n) is 2.41. The topological polar surface area (TPSA) is 59.8 Å². The van der Waals surface area contributed by atoms with Crippen molar-refractivity contribution in [2.45, 2.75) is 51.6 Å². The third-order valence-corrected chi connectivity index (χ3v) is 4.80. The predicted molar refractivity (Wildman–Crippen MR) is 103 cm³/mol. The fourth-order valence-corrected chi connectivity index (χ4v) is 3.29. The highest BCUT2D eigenvalue weighted by Crippen LogP contribution is 2.29. The minimum Gasteiger partial charge on any atom is -0.355 e. The zero-order chi connectivity index (χ0) is 19.3. The Hall–Kier alpha value is -1.89. The van der Waals surface area contributed by atoms with Crippen LogP contribution in [0.3, 0.4) is 0 Å². The van der Waals surface area contributed by atoms with Crippen molar-refractivity contribution in [2.75, 3.05) is 6.54 Å². The maximum atomic E-state index is 14.2. The van der Waals surface area contributed by atoms with Crippen molar-refractivity contribution in [3.05, 3.63) is 30.1 Å². The van der Waals surface area contributed by atoms with Crippen molar-refractivity contribution in [1.29, 1.82) is 0 Å². The summed E-state index contributed by atoms with van der Waals surface area (Å²) in [6.07, 6.45) is 0. The van der Waals surface area contributed by atoms with E-state index in [1.54, 1.807) is 18.2 Å². The lowest BCUT2D eigenvalue weighted by atomic mass is 10.2. The summed E-state index contributed by atoms with van der Waals surface area (Å²) < 4.78 is 16.1. The molecular formula is C19H27FN4OS. The number of amides is 1. The smallest absolute Gasteiger partial charge is 0.233 e. The van der Waals surface area contributed by atoms with Crippen molar-refractivity contribution < 1.29 is 9.18 Å². The third-order valence-electron chi connectivity index (χ3n) is 3.72. The molecule has 0 saturated carbocycles. The van der Waals surface area contributed by atoms with E-state index in [2.05, 4.69) is 43.2 Å². The highest BCUT2D eigenvalue weighted by molar-refractivity contribution is 8.00. The summed E-state index contributed by atoms with van der Waals surface area (Å²) in [5.74, 6) is 0.864. The monoisotopic (exact) mass is 378 g/mol. The zero-order valence-electron chi connectivity index (χ0n) is 16.0. The average Bonchev–Trinajstić information content (AvgIpc) is 2.94. The van der Waals surface area contributed by atoms with Gasteiger partial charge in [-0.1, -0.05) is 51.6 Å². The van der Waals surface area contributed by atoms with Crippen LogP contribution < -0.4 is 5.32 Å². The van der Waals surface area contributed by atoms with Crippen LogP contribution in [0, 0.1) is 17.7 Å². The van der Waals surface area contributed by atoms with Gasteiger partial charge in [0, 0.05) is 13.1 Å². The number of carbonyl (C=O) groups is 1. The summed E-state index contributed by atoms with van der Waals surface area (Å²) >= 11 is 1.35. The Bertz CT molecular complexity index is 745. The largest absolute Gasteiger partial charge is 0.355 e. The first-order valence-corrected chi connectivity index (χ1v) is 9.80. The number of halogens is 1. The molecule has 5 nitrogen and oxygen atoms in total. The molecule has 0 aliphatic heterocycles. The van der Waals surface area contributed by atoms with Gasteiger partial charge in [-0.25, -0.2) is 4.39 Å². The lowest BCUT2D eigenvalue weighted by Gasteiger charge is -2.16. The zero-order valence-corrected chi connectivity index (χ0v) is 16.8. The minimum absolute atomic E-state index is 0.0322. The molecule has 0 saturated heterocycles. The quantitative estimate of drug-likeness (QED) is 0.706. The Balaban J connectivity index is 2.26. The van der Waals surface area contributed by atoms with E-state index >= 15 is 0 Å².